The van der Waals surface area contributed by atoms with Crippen LogP contribution >= 0.6 is 34.5 Å². The third-order valence-electron chi connectivity index (χ3n) is 7.34. The predicted octanol–water partition coefficient (Wildman–Crippen LogP) is 3.92. The summed E-state index contributed by atoms with van der Waals surface area (Å²) in [6.07, 6.45) is 5.16. The van der Waals surface area contributed by atoms with E-state index in [1.807, 2.05) is 16.7 Å². The van der Waals surface area contributed by atoms with Gasteiger partial charge < -0.3 is 30.5 Å². The number of piperidine rings is 1. The summed E-state index contributed by atoms with van der Waals surface area (Å²) in [6.45, 7) is 6.83. The number of anilines is 2. The number of aromatic nitrogens is 4. The number of H-pyrrole nitrogens is 1. The number of rotatable bonds is 9. The Bertz CT molecular complexity index is 1460. The summed E-state index contributed by atoms with van der Waals surface area (Å²) >= 11 is 13.4. The Hall–Kier alpha value is -3.42. The Labute approximate surface area is 250 Å². The zero-order valence-corrected chi connectivity index (χ0v) is 24.9. The SMILES string of the molecule is Cc1[nH]c(C(=O)N[C@@H]2CCN(c3nc(-c4cnc(NCCN5CCCC5=O)cn4)c(C(=O)O)s3)C[C@@H]2C)c(Cl)c1Cl. The predicted molar refractivity (Wildman–Crippen MR) is 157 cm³/mol. The van der Waals surface area contributed by atoms with Crippen molar-refractivity contribution in [2.24, 2.45) is 5.92 Å². The van der Waals surface area contributed by atoms with E-state index in [1.165, 1.54) is 12.4 Å². The molecule has 2 amide bonds. The van der Waals surface area contributed by atoms with Crippen LogP contribution in [0.2, 0.25) is 10.0 Å². The van der Waals surface area contributed by atoms with Crippen LogP contribution in [-0.4, -0.2) is 86.5 Å². The fraction of sp³-hybridized carbons (Fsp3) is 0.462. The maximum atomic E-state index is 12.8. The molecule has 218 valence electrons. The van der Waals surface area contributed by atoms with Gasteiger partial charge in [0.25, 0.3) is 5.91 Å². The normalized spacial score (nSPS) is 19.1. The molecule has 0 bridgehead atoms. The number of amides is 2. The van der Waals surface area contributed by atoms with Gasteiger partial charge in [0.2, 0.25) is 5.91 Å². The van der Waals surface area contributed by atoms with Gasteiger partial charge in [-0.05, 0) is 25.7 Å². The maximum absolute atomic E-state index is 12.8. The number of carboxylic acids is 1. The van der Waals surface area contributed by atoms with Crippen molar-refractivity contribution < 1.29 is 19.5 Å². The molecule has 2 atom stereocenters. The Balaban J connectivity index is 1.22. The lowest BCUT2D eigenvalue weighted by Gasteiger charge is -2.37. The highest BCUT2D eigenvalue weighted by molar-refractivity contribution is 7.17. The number of aryl methyl sites for hydroxylation is 1. The van der Waals surface area contributed by atoms with Crippen LogP contribution in [0.25, 0.3) is 11.4 Å². The molecule has 2 saturated heterocycles. The van der Waals surface area contributed by atoms with Crippen LogP contribution in [0.1, 0.15) is 52.0 Å². The largest absolute Gasteiger partial charge is 0.477 e. The molecule has 4 N–H and O–H groups in total. The average molecular weight is 622 g/mol. The summed E-state index contributed by atoms with van der Waals surface area (Å²) in [5.41, 5.74) is 1.49. The summed E-state index contributed by atoms with van der Waals surface area (Å²) in [4.78, 5) is 56.9. The summed E-state index contributed by atoms with van der Waals surface area (Å²) in [6, 6.07) is -0.106. The van der Waals surface area contributed by atoms with Gasteiger partial charge in [-0.3, -0.25) is 9.59 Å². The fourth-order valence-electron chi connectivity index (χ4n) is 5.07. The number of halogens is 2. The average Bonchev–Trinajstić information content (AvgIpc) is 3.65. The van der Waals surface area contributed by atoms with Gasteiger partial charge in [0, 0.05) is 50.9 Å². The van der Waals surface area contributed by atoms with Crippen molar-refractivity contribution in [2.75, 3.05) is 42.9 Å². The molecule has 5 heterocycles. The number of hydrogen-bond acceptors (Lipinski definition) is 9. The minimum absolute atomic E-state index is 0.0552. The fourth-order valence-corrected chi connectivity index (χ4v) is 6.43. The minimum atomic E-state index is -1.09. The van der Waals surface area contributed by atoms with Crippen molar-refractivity contribution in [1.82, 2.24) is 30.2 Å². The first-order chi connectivity index (χ1) is 19.6. The van der Waals surface area contributed by atoms with E-state index < -0.39 is 5.97 Å². The second kappa shape index (κ2) is 12.2. The van der Waals surface area contributed by atoms with Crippen molar-refractivity contribution in [1.29, 1.82) is 0 Å². The third-order valence-corrected chi connectivity index (χ3v) is 9.39. The molecule has 41 heavy (non-hydrogen) atoms. The Kier molecular flexibility index (Phi) is 8.66. The van der Waals surface area contributed by atoms with Gasteiger partial charge in [0.05, 0.1) is 22.4 Å². The zero-order chi connectivity index (χ0) is 29.3. The van der Waals surface area contributed by atoms with Crippen LogP contribution < -0.4 is 15.5 Å². The molecule has 5 rings (SSSR count). The summed E-state index contributed by atoms with van der Waals surface area (Å²) < 4.78 is 0. The van der Waals surface area contributed by atoms with Crippen molar-refractivity contribution in [3.8, 4) is 11.4 Å². The number of aromatic carboxylic acids is 1. The minimum Gasteiger partial charge on any atom is -0.477 e. The second-order valence-electron chi connectivity index (χ2n) is 10.2. The zero-order valence-electron chi connectivity index (χ0n) is 22.5. The van der Waals surface area contributed by atoms with E-state index in [4.69, 9.17) is 23.2 Å². The molecule has 0 saturated carbocycles. The molecule has 0 radical (unpaired) electrons. The van der Waals surface area contributed by atoms with Crippen LogP contribution in [0.5, 0.6) is 0 Å². The highest BCUT2D eigenvalue weighted by Gasteiger charge is 2.32. The van der Waals surface area contributed by atoms with Crippen LogP contribution in [0, 0.1) is 12.8 Å². The highest BCUT2D eigenvalue weighted by atomic mass is 35.5. The van der Waals surface area contributed by atoms with Crippen LogP contribution in [0.15, 0.2) is 12.4 Å². The topological polar surface area (TPSA) is 156 Å². The standard InChI is InChI=1S/C26H30Cl2N8O4S/c1-13-12-36(8-5-15(13)33-24(38)22-20(28)19(27)14(2)32-22)26-34-21(23(41-26)25(39)40)16-10-31-17(11-30-16)29-6-9-35-7-3-4-18(35)37/h10-11,13,15,32H,3-9,12H2,1-2H3,(H,29,31)(H,33,38)(H,39,40)/t13-,15+/m0/s1. The van der Waals surface area contributed by atoms with E-state index in [9.17, 15) is 19.5 Å². The lowest BCUT2D eigenvalue weighted by molar-refractivity contribution is -0.127. The smallest absolute Gasteiger partial charge is 0.348 e. The Morgan fingerprint density at radius 1 is 1.22 bits per heavy atom. The molecule has 15 heteroatoms. The molecule has 12 nitrogen and oxygen atoms in total. The number of nitrogens with one attached hydrogen (secondary N) is 3. The van der Waals surface area contributed by atoms with Crippen molar-refractivity contribution in [2.45, 2.75) is 39.2 Å². The molecule has 3 aromatic rings. The number of carbonyl (C=O) groups is 3. The van der Waals surface area contributed by atoms with Gasteiger partial charge in [0.15, 0.2) is 5.13 Å². The van der Waals surface area contributed by atoms with Crippen molar-refractivity contribution in [3.63, 3.8) is 0 Å². The monoisotopic (exact) mass is 620 g/mol. The highest BCUT2D eigenvalue weighted by Crippen LogP contribution is 2.35. The Morgan fingerprint density at radius 2 is 2.02 bits per heavy atom. The number of nitrogens with zero attached hydrogens (tertiary/aromatic N) is 5. The number of likely N-dealkylation sites (tertiary alicyclic amines) is 1. The molecule has 0 aromatic carbocycles. The molecular formula is C26H30Cl2N8O4S. The van der Waals surface area contributed by atoms with Crippen LogP contribution in [-0.2, 0) is 4.79 Å². The second-order valence-corrected chi connectivity index (χ2v) is 12.0. The lowest BCUT2D eigenvalue weighted by Crippen LogP contribution is -2.50. The Morgan fingerprint density at radius 3 is 2.63 bits per heavy atom. The molecule has 0 spiro atoms. The van der Waals surface area contributed by atoms with Crippen molar-refractivity contribution in [3.05, 3.63) is 38.7 Å². The molecule has 3 aromatic heterocycles. The molecule has 2 aliphatic heterocycles. The van der Waals surface area contributed by atoms with Gasteiger partial charge in [0.1, 0.15) is 27.8 Å². The van der Waals surface area contributed by atoms with Gasteiger partial charge >= 0.3 is 5.97 Å². The van der Waals surface area contributed by atoms with Gasteiger partial charge in [-0.25, -0.2) is 19.7 Å². The van der Waals surface area contributed by atoms with E-state index in [0.29, 0.717) is 66.4 Å². The number of hydrogen-bond donors (Lipinski definition) is 4. The molecule has 2 fully saturated rings. The van der Waals surface area contributed by atoms with E-state index in [0.717, 1.165) is 24.3 Å². The molecule has 0 unspecified atom stereocenters. The van der Waals surface area contributed by atoms with Crippen LogP contribution in [0.4, 0.5) is 10.9 Å². The van der Waals surface area contributed by atoms with Gasteiger partial charge in [-0.15, -0.1) is 0 Å². The number of aromatic amines is 1. The van der Waals surface area contributed by atoms with E-state index in [-0.39, 0.29) is 45.1 Å². The van der Waals surface area contributed by atoms with Crippen LogP contribution in [0.3, 0.4) is 0 Å². The summed E-state index contributed by atoms with van der Waals surface area (Å²) in [7, 11) is 0. The first kappa shape index (κ1) is 29.1. The van der Waals surface area contributed by atoms with Gasteiger partial charge in [-0.1, -0.05) is 41.5 Å². The van der Waals surface area contributed by atoms with Crippen molar-refractivity contribution >= 4 is 63.3 Å². The first-order valence-corrected chi connectivity index (χ1v) is 14.9. The number of thiazole rings is 1. The van der Waals surface area contributed by atoms with E-state index >= 15 is 0 Å². The molecule has 2 aliphatic rings. The molecule has 0 aliphatic carbocycles. The molecular weight excluding hydrogens is 591 g/mol. The quantitative estimate of drug-likeness (QED) is 0.278. The first-order valence-electron chi connectivity index (χ1n) is 13.3. The third kappa shape index (κ3) is 6.26. The number of carbonyl (C=O) groups excluding carboxylic acids is 2. The summed E-state index contributed by atoms with van der Waals surface area (Å²) in [5, 5.41) is 17.2. The summed E-state index contributed by atoms with van der Waals surface area (Å²) in [5.74, 6) is -0.654. The van der Waals surface area contributed by atoms with Gasteiger partial charge in [-0.2, -0.15) is 0 Å². The van der Waals surface area contributed by atoms with E-state index in [2.05, 4.69) is 30.6 Å². The maximum Gasteiger partial charge on any atom is 0.348 e. The lowest BCUT2D eigenvalue weighted by atomic mass is 9.94. The van der Waals surface area contributed by atoms with E-state index in [1.54, 1.807) is 6.92 Å². The number of carboxylic acid groups (broad SMARTS) is 1.